The van der Waals surface area contributed by atoms with Gasteiger partial charge in [-0.2, -0.15) is 10.1 Å². The van der Waals surface area contributed by atoms with E-state index in [9.17, 15) is 4.79 Å². The molecule has 9 heteroatoms. The molecule has 27 heavy (non-hydrogen) atoms. The Hall–Kier alpha value is -3.88. The van der Waals surface area contributed by atoms with Gasteiger partial charge in [0.15, 0.2) is 0 Å². The molecule has 0 aliphatic heterocycles. The Morgan fingerprint density at radius 3 is 2.78 bits per heavy atom. The average Bonchev–Trinajstić information content (AvgIpc) is 3.36. The van der Waals surface area contributed by atoms with Gasteiger partial charge in [0.2, 0.25) is 17.6 Å². The number of hydrogen-bond donors (Lipinski definition) is 1. The van der Waals surface area contributed by atoms with E-state index in [4.69, 9.17) is 4.52 Å². The number of para-hydroxylation sites is 1. The zero-order chi connectivity index (χ0) is 18.5. The van der Waals surface area contributed by atoms with Crippen LogP contribution in [0.3, 0.4) is 0 Å². The molecule has 3 aromatic heterocycles. The van der Waals surface area contributed by atoms with Crippen molar-refractivity contribution in [2.24, 2.45) is 0 Å². The first kappa shape index (κ1) is 16.6. The summed E-state index contributed by atoms with van der Waals surface area (Å²) in [7, 11) is 0. The van der Waals surface area contributed by atoms with Crippen LogP contribution in [0.25, 0.3) is 11.4 Å². The molecule has 4 rings (SSSR count). The second kappa shape index (κ2) is 7.56. The Bertz CT molecular complexity index is 1030. The first-order valence-electron chi connectivity index (χ1n) is 8.21. The molecule has 0 saturated carbocycles. The van der Waals surface area contributed by atoms with Gasteiger partial charge in [-0.25, -0.2) is 9.67 Å². The fraction of sp³-hybridized carbons (Fsp3) is 0.111. The van der Waals surface area contributed by atoms with Crippen LogP contribution in [0.1, 0.15) is 11.5 Å². The van der Waals surface area contributed by atoms with Crippen LogP contribution in [0.2, 0.25) is 0 Å². The highest BCUT2D eigenvalue weighted by atomic mass is 16.5. The maximum Gasteiger partial charge on any atom is 0.246 e. The van der Waals surface area contributed by atoms with E-state index in [1.54, 1.807) is 12.4 Å². The molecule has 0 spiro atoms. The van der Waals surface area contributed by atoms with E-state index in [0.717, 1.165) is 11.1 Å². The lowest BCUT2D eigenvalue weighted by Gasteiger charge is -2.09. The molecule has 4 aromatic rings. The smallest absolute Gasteiger partial charge is 0.246 e. The van der Waals surface area contributed by atoms with Gasteiger partial charge in [-0.15, -0.1) is 0 Å². The van der Waals surface area contributed by atoms with E-state index in [1.807, 2.05) is 36.4 Å². The zero-order valence-electron chi connectivity index (χ0n) is 14.2. The minimum Gasteiger partial charge on any atom is -0.339 e. The highest BCUT2D eigenvalue weighted by Gasteiger charge is 2.13. The Morgan fingerprint density at radius 1 is 1.11 bits per heavy atom. The molecule has 0 saturated heterocycles. The van der Waals surface area contributed by atoms with Crippen molar-refractivity contribution in [2.45, 2.75) is 13.0 Å². The monoisotopic (exact) mass is 361 g/mol. The molecule has 0 bridgehead atoms. The summed E-state index contributed by atoms with van der Waals surface area (Å²) in [4.78, 5) is 24.4. The molecule has 0 radical (unpaired) electrons. The number of anilines is 1. The van der Waals surface area contributed by atoms with Crippen LogP contribution in [0, 0.1) is 0 Å². The highest BCUT2D eigenvalue weighted by Crippen LogP contribution is 2.20. The lowest BCUT2D eigenvalue weighted by atomic mass is 10.1. The van der Waals surface area contributed by atoms with Gasteiger partial charge in [-0.1, -0.05) is 23.4 Å². The number of hydrogen-bond acceptors (Lipinski definition) is 7. The van der Waals surface area contributed by atoms with Gasteiger partial charge in [0.25, 0.3) is 0 Å². The number of benzene rings is 1. The third-order valence-electron chi connectivity index (χ3n) is 3.81. The topological polar surface area (TPSA) is 112 Å². The molecule has 0 unspecified atom stereocenters. The quantitative estimate of drug-likeness (QED) is 0.558. The van der Waals surface area contributed by atoms with Crippen LogP contribution in [0.4, 0.5) is 5.69 Å². The number of nitrogens with zero attached hydrogens (tertiary/aromatic N) is 6. The van der Waals surface area contributed by atoms with E-state index in [-0.39, 0.29) is 12.5 Å². The molecule has 0 fully saturated rings. The molecule has 0 aliphatic rings. The second-order valence-corrected chi connectivity index (χ2v) is 5.72. The maximum absolute atomic E-state index is 12.2. The standard InChI is InChI=1S/C18H15N7O2/c26-16(10-25-12-20-11-21-25)22-15-4-2-1-3-14(15)9-17-23-18(24-27-17)13-5-7-19-8-6-13/h1-8,11-12H,9-10H2,(H,22,26). The van der Waals surface area contributed by atoms with Crippen LogP contribution < -0.4 is 5.32 Å². The third-order valence-corrected chi connectivity index (χ3v) is 3.81. The summed E-state index contributed by atoms with van der Waals surface area (Å²) in [5.74, 6) is 0.760. The predicted octanol–water partition coefficient (Wildman–Crippen LogP) is 1.95. The van der Waals surface area contributed by atoms with Crippen molar-refractivity contribution in [3.63, 3.8) is 0 Å². The SMILES string of the molecule is O=C(Cn1cncn1)Nc1ccccc1Cc1nc(-c2ccncc2)no1. The molecule has 0 aliphatic carbocycles. The number of aromatic nitrogens is 6. The predicted molar refractivity (Wildman–Crippen MR) is 95.4 cm³/mol. The summed E-state index contributed by atoms with van der Waals surface area (Å²) in [6.07, 6.45) is 6.62. The van der Waals surface area contributed by atoms with Crippen LogP contribution in [0.5, 0.6) is 0 Å². The summed E-state index contributed by atoms with van der Waals surface area (Å²) in [5, 5.41) is 10.8. The highest BCUT2D eigenvalue weighted by molar-refractivity contribution is 5.91. The number of nitrogens with one attached hydrogen (secondary N) is 1. The summed E-state index contributed by atoms with van der Waals surface area (Å²) in [5.41, 5.74) is 2.38. The van der Waals surface area contributed by atoms with Crippen LogP contribution in [0.15, 0.2) is 66.0 Å². The van der Waals surface area contributed by atoms with Gasteiger partial charge in [-0.05, 0) is 23.8 Å². The van der Waals surface area contributed by atoms with E-state index in [1.165, 1.54) is 17.3 Å². The molecule has 1 amide bonds. The first-order valence-corrected chi connectivity index (χ1v) is 8.21. The van der Waals surface area contributed by atoms with E-state index in [2.05, 4.69) is 30.5 Å². The van der Waals surface area contributed by atoms with Crippen molar-refractivity contribution in [3.05, 3.63) is 72.9 Å². The summed E-state index contributed by atoms with van der Waals surface area (Å²) in [6.45, 7) is 0.0844. The van der Waals surface area contributed by atoms with E-state index >= 15 is 0 Å². The maximum atomic E-state index is 12.2. The third kappa shape index (κ3) is 4.03. The average molecular weight is 361 g/mol. The lowest BCUT2D eigenvalue weighted by Crippen LogP contribution is -2.19. The van der Waals surface area contributed by atoms with Crippen LogP contribution in [-0.4, -0.2) is 35.8 Å². The van der Waals surface area contributed by atoms with Gasteiger partial charge in [0.1, 0.15) is 19.2 Å². The van der Waals surface area contributed by atoms with E-state index < -0.39 is 0 Å². The van der Waals surface area contributed by atoms with Gasteiger partial charge in [-0.3, -0.25) is 9.78 Å². The zero-order valence-corrected chi connectivity index (χ0v) is 14.2. The molecule has 3 heterocycles. The molecule has 1 aromatic carbocycles. The Balaban J connectivity index is 1.48. The van der Waals surface area contributed by atoms with Crippen molar-refractivity contribution in [1.82, 2.24) is 29.9 Å². The number of amides is 1. The molecule has 0 atom stereocenters. The van der Waals surface area contributed by atoms with Crippen molar-refractivity contribution in [3.8, 4) is 11.4 Å². The van der Waals surface area contributed by atoms with Gasteiger partial charge in [0, 0.05) is 23.6 Å². The van der Waals surface area contributed by atoms with Crippen LogP contribution >= 0.6 is 0 Å². The Labute approximate surface area is 154 Å². The van der Waals surface area contributed by atoms with Gasteiger partial charge < -0.3 is 9.84 Å². The van der Waals surface area contributed by atoms with Crippen molar-refractivity contribution >= 4 is 11.6 Å². The normalized spacial score (nSPS) is 10.7. The van der Waals surface area contributed by atoms with Crippen molar-refractivity contribution < 1.29 is 9.32 Å². The van der Waals surface area contributed by atoms with Gasteiger partial charge in [0.05, 0.1) is 6.42 Å². The Kier molecular flexibility index (Phi) is 4.64. The lowest BCUT2D eigenvalue weighted by molar-refractivity contribution is -0.116. The van der Waals surface area contributed by atoms with Crippen molar-refractivity contribution in [1.29, 1.82) is 0 Å². The molecule has 1 N–H and O–H groups in total. The summed E-state index contributed by atoms with van der Waals surface area (Å²) in [6, 6.07) is 11.1. The van der Waals surface area contributed by atoms with E-state index in [0.29, 0.717) is 23.8 Å². The minimum absolute atomic E-state index is 0.0844. The fourth-order valence-corrected chi connectivity index (χ4v) is 2.56. The largest absolute Gasteiger partial charge is 0.339 e. The first-order chi connectivity index (χ1) is 13.3. The summed E-state index contributed by atoms with van der Waals surface area (Å²) >= 11 is 0. The molecular formula is C18H15N7O2. The molecule has 134 valence electrons. The molecule has 9 nitrogen and oxygen atoms in total. The molecular weight excluding hydrogens is 346 g/mol. The number of carbonyl (C=O) groups excluding carboxylic acids is 1. The number of rotatable bonds is 6. The van der Waals surface area contributed by atoms with Crippen molar-refractivity contribution in [2.75, 3.05) is 5.32 Å². The number of pyridine rings is 1. The van der Waals surface area contributed by atoms with Crippen LogP contribution in [-0.2, 0) is 17.8 Å². The summed E-state index contributed by atoms with van der Waals surface area (Å²) < 4.78 is 6.81. The minimum atomic E-state index is -0.198. The Morgan fingerprint density at radius 2 is 1.96 bits per heavy atom. The fourth-order valence-electron chi connectivity index (χ4n) is 2.56. The second-order valence-electron chi connectivity index (χ2n) is 5.72. The van der Waals surface area contributed by atoms with Gasteiger partial charge >= 0.3 is 0 Å². The number of carbonyl (C=O) groups is 1.